The van der Waals surface area contributed by atoms with Crippen LogP contribution in [-0.4, -0.2) is 36.4 Å². The summed E-state index contributed by atoms with van der Waals surface area (Å²) in [6.07, 6.45) is 2.02. The second kappa shape index (κ2) is 8.00. The maximum atomic E-state index is 11.8. The molecule has 102 valence electrons. The molecule has 0 amide bonds. The molecule has 0 aliphatic carbocycles. The number of hydrogen-bond acceptors (Lipinski definition) is 4. The number of rotatable bonds is 8. The molecule has 0 fully saturated rings. The Hall–Kier alpha value is -1.20. The van der Waals surface area contributed by atoms with Crippen LogP contribution >= 0.6 is 0 Å². The molecule has 5 nitrogen and oxygen atoms in total. The molecule has 0 bridgehead atoms. The van der Waals surface area contributed by atoms with Crippen LogP contribution in [0.4, 0.5) is 0 Å². The molecule has 18 heavy (non-hydrogen) atoms. The van der Waals surface area contributed by atoms with Gasteiger partial charge in [-0.15, -0.1) is 0 Å². The van der Waals surface area contributed by atoms with Crippen molar-refractivity contribution in [1.29, 1.82) is 0 Å². The van der Waals surface area contributed by atoms with Crippen LogP contribution in [0, 0.1) is 13.8 Å². The number of nitrogens with zero attached hydrogens (tertiary/aromatic N) is 2. The maximum absolute atomic E-state index is 11.8. The number of methoxy groups -OCH3 is 1. The molecule has 0 aromatic carbocycles. The van der Waals surface area contributed by atoms with Gasteiger partial charge in [-0.25, -0.2) is 4.98 Å². The molecule has 0 aliphatic rings. The van der Waals surface area contributed by atoms with E-state index in [9.17, 15) is 4.79 Å². The topological polar surface area (TPSA) is 56.1 Å². The van der Waals surface area contributed by atoms with E-state index in [2.05, 4.69) is 10.3 Å². The first-order valence-electron chi connectivity index (χ1n) is 6.40. The SMILES string of the molecule is COCCNCCCCn1c(C)nc(C)cc1=O. The first kappa shape index (κ1) is 14.9. The van der Waals surface area contributed by atoms with Crippen molar-refractivity contribution in [1.82, 2.24) is 14.9 Å². The lowest BCUT2D eigenvalue weighted by molar-refractivity contribution is 0.199. The quantitative estimate of drug-likeness (QED) is 0.699. The zero-order valence-electron chi connectivity index (χ0n) is 11.5. The molecule has 1 aromatic rings. The molecular weight excluding hydrogens is 230 g/mol. The number of hydrogen-bond donors (Lipinski definition) is 1. The van der Waals surface area contributed by atoms with Crippen molar-refractivity contribution in [2.24, 2.45) is 0 Å². The monoisotopic (exact) mass is 253 g/mol. The maximum Gasteiger partial charge on any atom is 0.253 e. The van der Waals surface area contributed by atoms with Crippen molar-refractivity contribution in [2.75, 3.05) is 26.8 Å². The summed E-state index contributed by atoms with van der Waals surface area (Å²) in [5.41, 5.74) is 0.835. The first-order valence-corrected chi connectivity index (χ1v) is 6.40. The van der Waals surface area contributed by atoms with Gasteiger partial charge in [-0.2, -0.15) is 0 Å². The van der Waals surface area contributed by atoms with Crippen molar-refractivity contribution in [3.05, 3.63) is 27.9 Å². The average molecular weight is 253 g/mol. The van der Waals surface area contributed by atoms with Crippen LogP contribution in [0.5, 0.6) is 0 Å². The van der Waals surface area contributed by atoms with Gasteiger partial charge in [0.15, 0.2) is 0 Å². The van der Waals surface area contributed by atoms with Crippen LogP contribution in [0.15, 0.2) is 10.9 Å². The van der Waals surface area contributed by atoms with Gasteiger partial charge in [-0.3, -0.25) is 9.36 Å². The van der Waals surface area contributed by atoms with Crippen LogP contribution in [0.2, 0.25) is 0 Å². The van der Waals surface area contributed by atoms with E-state index in [0.29, 0.717) is 0 Å². The summed E-state index contributed by atoms with van der Waals surface area (Å²) < 4.78 is 6.68. The van der Waals surface area contributed by atoms with Crippen LogP contribution in [0.3, 0.4) is 0 Å². The Labute approximate surface area is 108 Å². The highest BCUT2D eigenvalue weighted by atomic mass is 16.5. The van der Waals surface area contributed by atoms with Crippen LogP contribution in [0.25, 0.3) is 0 Å². The van der Waals surface area contributed by atoms with E-state index in [-0.39, 0.29) is 5.56 Å². The Morgan fingerprint density at radius 3 is 2.78 bits per heavy atom. The van der Waals surface area contributed by atoms with E-state index in [1.54, 1.807) is 17.7 Å². The fourth-order valence-electron chi connectivity index (χ4n) is 1.86. The standard InChI is InChI=1S/C13H23N3O2/c1-11-10-13(17)16(12(2)15-11)8-5-4-6-14-7-9-18-3/h10,14H,4-9H2,1-3H3. The highest BCUT2D eigenvalue weighted by Crippen LogP contribution is 1.97. The van der Waals surface area contributed by atoms with Crippen molar-refractivity contribution < 1.29 is 4.74 Å². The second-order valence-corrected chi connectivity index (χ2v) is 4.38. The van der Waals surface area contributed by atoms with Gasteiger partial charge in [0.2, 0.25) is 0 Å². The summed E-state index contributed by atoms with van der Waals surface area (Å²) in [4.78, 5) is 16.1. The summed E-state index contributed by atoms with van der Waals surface area (Å²) in [7, 11) is 1.70. The van der Waals surface area contributed by atoms with E-state index in [1.165, 1.54) is 0 Å². The third kappa shape index (κ3) is 4.98. The van der Waals surface area contributed by atoms with Gasteiger partial charge < -0.3 is 10.1 Å². The van der Waals surface area contributed by atoms with Gasteiger partial charge >= 0.3 is 0 Å². The largest absolute Gasteiger partial charge is 0.383 e. The third-order valence-electron chi connectivity index (χ3n) is 2.80. The third-order valence-corrected chi connectivity index (χ3v) is 2.80. The minimum atomic E-state index is 0.0485. The molecule has 1 heterocycles. The van der Waals surface area contributed by atoms with E-state index in [4.69, 9.17) is 4.74 Å². The Bertz CT molecular complexity index is 415. The summed E-state index contributed by atoms with van der Waals surface area (Å²) >= 11 is 0. The number of aromatic nitrogens is 2. The number of aryl methyl sites for hydroxylation is 2. The zero-order valence-corrected chi connectivity index (χ0v) is 11.5. The highest BCUT2D eigenvalue weighted by Gasteiger charge is 2.02. The van der Waals surface area contributed by atoms with E-state index >= 15 is 0 Å². The molecule has 0 unspecified atom stereocenters. The molecular formula is C13H23N3O2. The summed E-state index contributed by atoms with van der Waals surface area (Å²) in [5.74, 6) is 0.798. The Morgan fingerprint density at radius 1 is 1.33 bits per heavy atom. The molecule has 5 heteroatoms. The van der Waals surface area contributed by atoms with Gasteiger partial charge in [-0.05, 0) is 33.2 Å². The fourth-order valence-corrected chi connectivity index (χ4v) is 1.86. The minimum absolute atomic E-state index is 0.0485. The lowest BCUT2D eigenvalue weighted by Crippen LogP contribution is -2.25. The number of ether oxygens (including phenoxy) is 1. The van der Waals surface area contributed by atoms with Gasteiger partial charge in [0.1, 0.15) is 5.82 Å². The number of unbranched alkanes of at least 4 members (excludes halogenated alkanes) is 1. The van der Waals surface area contributed by atoms with Crippen LogP contribution in [-0.2, 0) is 11.3 Å². The lowest BCUT2D eigenvalue weighted by Gasteiger charge is -2.09. The van der Waals surface area contributed by atoms with Crippen molar-refractivity contribution >= 4 is 0 Å². The van der Waals surface area contributed by atoms with E-state index in [0.717, 1.165) is 50.6 Å². The van der Waals surface area contributed by atoms with Crippen molar-refractivity contribution in [3.8, 4) is 0 Å². The fraction of sp³-hybridized carbons (Fsp3) is 0.692. The minimum Gasteiger partial charge on any atom is -0.383 e. The molecule has 1 N–H and O–H groups in total. The van der Waals surface area contributed by atoms with Gasteiger partial charge in [0.25, 0.3) is 5.56 Å². The van der Waals surface area contributed by atoms with Crippen molar-refractivity contribution in [3.63, 3.8) is 0 Å². The van der Waals surface area contributed by atoms with Crippen molar-refractivity contribution in [2.45, 2.75) is 33.2 Å². The molecule has 0 aliphatic heterocycles. The predicted octanol–water partition coefficient (Wildman–Crippen LogP) is 0.876. The molecule has 1 rings (SSSR count). The number of nitrogens with one attached hydrogen (secondary N) is 1. The normalized spacial score (nSPS) is 10.8. The molecule has 1 aromatic heterocycles. The predicted molar refractivity (Wildman–Crippen MR) is 72.0 cm³/mol. The van der Waals surface area contributed by atoms with E-state index < -0.39 is 0 Å². The lowest BCUT2D eigenvalue weighted by atomic mass is 10.3. The first-order chi connectivity index (χ1) is 8.65. The molecule has 0 saturated heterocycles. The smallest absolute Gasteiger partial charge is 0.253 e. The summed E-state index contributed by atoms with van der Waals surface area (Å²) in [5, 5.41) is 3.28. The Balaban J connectivity index is 2.30. The van der Waals surface area contributed by atoms with Gasteiger partial charge in [0.05, 0.1) is 6.61 Å². The summed E-state index contributed by atoms with van der Waals surface area (Å²) in [6, 6.07) is 1.59. The van der Waals surface area contributed by atoms with Crippen LogP contribution in [0.1, 0.15) is 24.4 Å². The highest BCUT2D eigenvalue weighted by molar-refractivity contribution is 5.01. The zero-order chi connectivity index (χ0) is 13.4. The average Bonchev–Trinajstić information content (AvgIpc) is 2.30. The second-order valence-electron chi connectivity index (χ2n) is 4.38. The Morgan fingerprint density at radius 2 is 2.11 bits per heavy atom. The molecule has 0 atom stereocenters. The molecule has 0 saturated carbocycles. The van der Waals surface area contributed by atoms with Gasteiger partial charge in [-0.1, -0.05) is 0 Å². The Kier molecular flexibility index (Phi) is 6.60. The van der Waals surface area contributed by atoms with E-state index in [1.807, 2.05) is 13.8 Å². The van der Waals surface area contributed by atoms with Crippen LogP contribution < -0.4 is 10.9 Å². The molecule has 0 spiro atoms. The molecule has 0 radical (unpaired) electrons. The summed E-state index contributed by atoms with van der Waals surface area (Å²) in [6.45, 7) is 7.03. The van der Waals surface area contributed by atoms with Gasteiger partial charge in [0, 0.05) is 32.0 Å².